The van der Waals surface area contributed by atoms with Gasteiger partial charge < -0.3 is 15.4 Å². The van der Waals surface area contributed by atoms with Gasteiger partial charge in [-0.1, -0.05) is 6.07 Å². The third kappa shape index (κ3) is 7.76. The monoisotopic (exact) mass is 447 g/mol. The number of nitrogens with zero attached hydrogens (tertiary/aromatic N) is 3. The van der Waals surface area contributed by atoms with E-state index in [1.807, 2.05) is 12.3 Å². The molecule has 0 amide bonds. The van der Waals surface area contributed by atoms with Crippen LogP contribution in [0.4, 0.5) is 0 Å². The summed E-state index contributed by atoms with van der Waals surface area (Å²) in [5.41, 5.74) is 1.23. The Bertz CT molecular complexity index is 465. The van der Waals surface area contributed by atoms with Crippen LogP contribution in [0.5, 0.6) is 0 Å². The Balaban J connectivity index is 0.00000288. The van der Waals surface area contributed by atoms with Crippen molar-refractivity contribution >= 4 is 29.9 Å². The summed E-state index contributed by atoms with van der Waals surface area (Å²) < 4.78 is 5.40. The van der Waals surface area contributed by atoms with Crippen LogP contribution in [0.25, 0.3) is 0 Å². The minimum atomic E-state index is 0. The first-order chi connectivity index (χ1) is 11.3. The highest BCUT2D eigenvalue weighted by atomic mass is 127. The molecule has 2 heterocycles. The summed E-state index contributed by atoms with van der Waals surface area (Å²) >= 11 is 0. The zero-order chi connectivity index (χ0) is 16.3. The minimum absolute atomic E-state index is 0. The maximum Gasteiger partial charge on any atom is 0.191 e. The predicted octanol–water partition coefficient (Wildman–Crippen LogP) is 1.52. The molecular formula is C17H30IN5O. The highest BCUT2D eigenvalue weighted by molar-refractivity contribution is 14.0. The number of hydrogen-bond donors (Lipinski definition) is 2. The van der Waals surface area contributed by atoms with Crippen molar-refractivity contribution in [3.63, 3.8) is 0 Å². The van der Waals surface area contributed by atoms with Gasteiger partial charge in [0.05, 0.1) is 19.8 Å². The first-order valence-electron chi connectivity index (χ1n) is 8.52. The molecule has 0 aliphatic carbocycles. The summed E-state index contributed by atoms with van der Waals surface area (Å²) in [4.78, 5) is 11.3. The van der Waals surface area contributed by atoms with Crippen molar-refractivity contribution in [3.05, 3.63) is 30.1 Å². The molecule has 0 bridgehead atoms. The molecule has 2 N–H and O–H groups in total. The molecular weight excluding hydrogens is 417 g/mol. The largest absolute Gasteiger partial charge is 0.379 e. The summed E-state index contributed by atoms with van der Waals surface area (Å²) in [6.45, 7) is 10.5. The van der Waals surface area contributed by atoms with E-state index in [0.717, 1.165) is 58.3 Å². The van der Waals surface area contributed by atoms with Gasteiger partial charge in [0.15, 0.2) is 5.96 Å². The molecule has 1 unspecified atom stereocenters. The summed E-state index contributed by atoms with van der Waals surface area (Å²) in [5, 5.41) is 6.70. The number of rotatable bonds is 7. The maximum absolute atomic E-state index is 5.40. The van der Waals surface area contributed by atoms with Crippen molar-refractivity contribution < 1.29 is 4.74 Å². The minimum Gasteiger partial charge on any atom is -0.379 e. The lowest BCUT2D eigenvalue weighted by molar-refractivity contribution is 0.0220. The highest BCUT2D eigenvalue weighted by Crippen LogP contribution is 2.03. The lowest BCUT2D eigenvalue weighted by Crippen LogP contribution is -2.44. The molecule has 0 aromatic carbocycles. The normalized spacial score (nSPS) is 17.0. The van der Waals surface area contributed by atoms with Crippen LogP contribution in [0.3, 0.4) is 0 Å². The number of pyridine rings is 1. The van der Waals surface area contributed by atoms with Crippen LogP contribution in [0.15, 0.2) is 29.5 Å². The van der Waals surface area contributed by atoms with Crippen LogP contribution in [-0.2, 0) is 11.2 Å². The van der Waals surface area contributed by atoms with Crippen LogP contribution in [0.1, 0.15) is 19.4 Å². The van der Waals surface area contributed by atoms with E-state index < -0.39 is 0 Å². The van der Waals surface area contributed by atoms with Crippen LogP contribution in [0.2, 0.25) is 0 Å². The van der Waals surface area contributed by atoms with E-state index in [1.165, 1.54) is 5.56 Å². The average Bonchev–Trinajstić information content (AvgIpc) is 2.61. The zero-order valence-corrected chi connectivity index (χ0v) is 17.0. The molecule has 2 rings (SSSR count). The molecule has 7 heteroatoms. The molecule has 1 aromatic heterocycles. The molecule has 24 heavy (non-hydrogen) atoms. The summed E-state index contributed by atoms with van der Waals surface area (Å²) in [7, 11) is 0. The van der Waals surface area contributed by atoms with Crippen molar-refractivity contribution in [2.75, 3.05) is 45.9 Å². The molecule has 0 radical (unpaired) electrons. The first-order valence-corrected chi connectivity index (χ1v) is 8.52. The zero-order valence-electron chi connectivity index (χ0n) is 14.7. The van der Waals surface area contributed by atoms with Gasteiger partial charge in [0.25, 0.3) is 0 Å². The van der Waals surface area contributed by atoms with Gasteiger partial charge >= 0.3 is 0 Å². The maximum atomic E-state index is 5.40. The van der Waals surface area contributed by atoms with E-state index in [4.69, 9.17) is 9.73 Å². The van der Waals surface area contributed by atoms with Gasteiger partial charge in [-0.3, -0.25) is 14.9 Å². The fourth-order valence-corrected chi connectivity index (χ4v) is 2.57. The van der Waals surface area contributed by atoms with E-state index in [1.54, 1.807) is 6.20 Å². The number of aliphatic imine (C=N–C) groups is 1. The lowest BCUT2D eigenvalue weighted by Gasteiger charge is -2.31. The Kier molecular flexibility index (Phi) is 10.9. The highest BCUT2D eigenvalue weighted by Gasteiger charge is 2.16. The van der Waals surface area contributed by atoms with Crippen LogP contribution >= 0.6 is 24.0 Å². The number of hydrogen-bond acceptors (Lipinski definition) is 4. The Morgan fingerprint density at radius 1 is 1.38 bits per heavy atom. The number of halogens is 1. The van der Waals surface area contributed by atoms with Crippen LogP contribution in [-0.4, -0.2) is 67.8 Å². The molecule has 1 aliphatic heterocycles. The van der Waals surface area contributed by atoms with Crippen LogP contribution in [0, 0.1) is 0 Å². The summed E-state index contributed by atoms with van der Waals surface area (Å²) in [5.74, 6) is 0.886. The molecule has 1 atom stereocenters. The van der Waals surface area contributed by atoms with Crippen LogP contribution < -0.4 is 10.6 Å². The Labute approximate surface area is 162 Å². The topological polar surface area (TPSA) is 61.8 Å². The molecule has 1 aromatic rings. The SMILES string of the molecule is CCNC(=NCC(C)N1CCOCC1)NCCc1cccnc1.I. The Morgan fingerprint density at radius 2 is 2.17 bits per heavy atom. The molecule has 136 valence electrons. The Hall–Kier alpha value is -0.930. The van der Waals surface area contributed by atoms with Crippen molar-refractivity contribution in [2.24, 2.45) is 4.99 Å². The number of nitrogens with one attached hydrogen (secondary N) is 2. The van der Waals surface area contributed by atoms with E-state index >= 15 is 0 Å². The molecule has 1 saturated heterocycles. The van der Waals surface area contributed by atoms with Gasteiger partial charge in [0.2, 0.25) is 0 Å². The van der Waals surface area contributed by atoms with Gasteiger partial charge in [-0.15, -0.1) is 24.0 Å². The van der Waals surface area contributed by atoms with E-state index in [0.29, 0.717) is 6.04 Å². The molecule has 0 saturated carbocycles. The molecule has 0 spiro atoms. The van der Waals surface area contributed by atoms with Crippen molar-refractivity contribution in [1.29, 1.82) is 0 Å². The smallest absolute Gasteiger partial charge is 0.191 e. The van der Waals surface area contributed by atoms with Gasteiger partial charge in [-0.05, 0) is 31.9 Å². The van der Waals surface area contributed by atoms with Gasteiger partial charge in [0, 0.05) is 44.6 Å². The van der Waals surface area contributed by atoms with Crippen molar-refractivity contribution in [2.45, 2.75) is 26.3 Å². The van der Waals surface area contributed by atoms with Crippen molar-refractivity contribution in [1.82, 2.24) is 20.5 Å². The van der Waals surface area contributed by atoms with Gasteiger partial charge in [-0.25, -0.2) is 0 Å². The second-order valence-electron chi connectivity index (χ2n) is 5.76. The summed E-state index contributed by atoms with van der Waals surface area (Å²) in [6, 6.07) is 4.51. The van der Waals surface area contributed by atoms with E-state index in [2.05, 4.69) is 40.4 Å². The quantitative estimate of drug-likeness (QED) is 0.377. The third-order valence-corrected chi connectivity index (χ3v) is 3.96. The second-order valence-corrected chi connectivity index (χ2v) is 5.76. The number of guanidine groups is 1. The fourth-order valence-electron chi connectivity index (χ4n) is 2.57. The number of aromatic nitrogens is 1. The molecule has 1 fully saturated rings. The van der Waals surface area contributed by atoms with Crippen molar-refractivity contribution in [3.8, 4) is 0 Å². The number of morpholine rings is 1. The average molecular weight is 447 g/mol. The Morgan fingerprint density at radius 3 is 2.83 bits per heavy atom. The third-order valence-electron chi connectivity index (χ3n) is 3.96. The summed E-state index contributed by atoms with van der Waals surface area (Å²) in [6.07, 6.45) is 4.65. The van der Waals surface area contributed by atoms with E-state index in [9.17, 15) is 0 Å². The fraction of sp³-hybridized carbons (Fsp3) is 0.647. The van der Waals surface area contributed by atoms with E-state index in [-0.39, 0.29) is 24.0 Å². The standard InChI is InChI=1S/C17H29N5O.HI/c1-3-19-17(20-8-6-16-5-4-7-18-14-16)21-13-15(2)22-9-11-23-12-10-22;/h4-5,7,14-15H,3,6,8-13H2,1-2H3,(H2,19,20,21);1H. The molecule has 1 aliphatic rings. The first kappa shape index (κ1) is 21.1. The van der Waals surface area contributed by atoms with Gasteiger partial charge in [-0.2, -0.15) is 0 Å². The van der Waals surface area contributed by atoms with Gasteiger partial charge in [0.1, 0.15) is 0 Å². The second kappa shape index (κ2) is 12.4. The number of ether oxygens (including phenoxy) is 1. The lowest BCUT2D eigenvalue weighted by atomic mass is 10.2. The predicted molar refractivity (Wildman–Crippen MR) is 109 cm³/mol. The molecule has 6 nitrogen and oxygen atoms in total.